The van der Waals surface area contributed by atoms with Crippen LogP contribution in [0.15, 0.2) is 54.9 Å². The summed E-state index contributed by atoms with van der Waals surface area (Å²) in [5.41, 5.74) is 2.83. The highest BCUT2D eigenvalue weighted by molar-refractivity contribution is 5.72. The van der Waals surface area contributed by atoms with Gasteiger partial charge in [0, 0.05) is 25.5 Å². The molecule has 35 heavy (non-hydrogen) atoms. The number of hydrogen-bond donors (Lipinski definition) is 1. The monoisotopic (exact) mass is 487 g/mol. The second kappa shape index (κ2) is 11.2. The van der Waals surface area contributed by atoms with Gasteiger partial charge in [-0.1, -0.05) is 31.2 Å². The predicted octanol–water partition coefficient (Wildman–Crippen LogP) is 5.47. The van der Waals surface area contributed by atoms with Gasteiger partial charge >= 0.3 is 12.1 Å². The van der Waals surface area contributed by atoms with Gasteiger partial charge in [0.1, 0.15) is 5.75 Å². The number of aliphatic carboxylic acids is 1. The molecule has 0 radical (unpaired) electrons. The number of aromatic nitrogens is 2. The zero-order valence-electron chi connectivity index (χ0n) is 19.8. The van der Waals surface area contributed by atoms with Crippen molar-refractivity contribution in [2.45, 2.75) is 52.4 Å². The van der Waals surface area contributed by atoms with Crippen molar-refractivity contribution < 1.29 is 27.8 Å². The number of carbonyl (C=O) groups is 1. The molecule has 0 spiro atoms. The number of halogens is 3. The normalized spacial score (nSPS) is 12.3. The molecule has 186 valence electrons. The van der Waals surface area contributed by atoms with E-state index in [0.29, 0.717) is 36.8 Å². The molecule has 0 aliphatic rings. The van der Waals surface area contributed by atoms with Gasteiger partial charge in [-0.15, -0.1) is 0 Å². The lowest BCUT2D eigenvalue weighted by atomic mass is 10.1. The first-order chi connectivity index (χ1) is 16.6. The molecular weight excluding hydrogens is 459 g/mol. The molecule has 3 rings (SSSR count). The van der Waals surface area contributed by atoms with E-state index in [1.54, 1.807) is 18.5 Å². The summed E-state index contributed by atoms with van der Waals surface area (Å²) in [6.45, 7) is 6.20. The zero-order chi connectivity index (χ0) is 25.6. The molecule has 1 aromatic heterocycles. The summed E-state index contributed by atoms with van der Waals surface area (Å²) in [5.74, 6) is -0.0423. The molecule has 1 unspecified atom stereocenters. The number of aryl methyl sites for hydroxylation is 2. The molecule has 0 saturated carbocycles. The smallest absolute Gasteiger partial charge is 0.416 e. The Balaban J connectivity index is 1.77. The van der Waals surface area contributed by atoms with Crippen LogP contribution in [0.3, 0.4) is 0 Å². The maximum Gasteiger partial charge on any atom is 0.416 e. The summed E-state index contributed by atoms with van der Waals surface area (Å²) >= 11 is 0. The van der Waals surface area contributed by atoms with Gasteiger partial charge in [0.05, 0.1) is 5.56 Å². The van der Waals surface area contributed by atoms with Crippen LogP contribution in [0.4, 0.5) is 19.1 Å². The van der Waals surface area contributed by atoms with Crippen molar-refractivity contribution in [1.82, 2.24) is 9.97 Å². The van der Waals surface area contributed by atoms with Crippen LogP contribution < -0.4 is 9.64 Å². The molecular formula is C26H28F3N3O3. The Morgan fingerprint density at radius 3 is 2.23 bits per heavy atom. The lowest BCUT2D eigenvalue weighted by molar-refractivity contribution is -0.144. The first-order valence-corrected chi connectivity index (χ1v) is 11.3. The molecule has 0 bridgehead atoms. The lowest BCUT2D eigenvalue weighted by Gasteiger charge is -2.23. The minimum absolute atomic E-state index is 0.347. The molecule has 0 amide bonds. The standard InChI is InChI=1S/C26H28F3N3O3/c1-4-19-14-30-25(31-15-19)32(16-21-5-8-22(9-6-21)26(27,28)29)12-11-20-7-10-23(17(2)13-20)35-18(3)24(33)34/h5-10,13-15,18H,4,11-12,16H2,1-3H3,(H,33,34). The maximum atomic E-state index is 12.9. The fourth-order valence-corrected chi connectivity index (χ4v) is 3.47. The number of hydrogen-bond acceptors (Lipinski definition) is 5. The predicted molar refractivity (Wildman–Crippen MR) is 127 cm³/mol. The van der Waals surface area contributed by atoms with Gasteiger partial charge in [0.15, 0.2) is 6.10 Å². The second-order valence-corrected chi connectivity index (χ2v) is 8.31. The largest absolute Gasteiger partial charge is 0.479 e. The van der Waals surface area contributed by atoms with Crippen molar-refractivity contribution in [2.75, 3.05) is 11.4 Å². The molecule has 1 heterocycles. The Morgan fingerprint density at radius 2 is 1.69 bits per heavy atom. The van der Waals surface area contributed by atoms with E-state index in [1.165, 1.54) is 19.1 Å². The molecule has 1 atom stereocenters. The van der Waals surface area contributed by atoms with Crippen LogP contribution in [-0.2, 0) is 30.4 Å². The van der Waals surface area contributed by atoms with E-state index in [0.717, 1.165) is 35.2 Å². The summed E-state index contributed by atoms with van der Waals surface area (Å²) in [6.07, 6.45) is -0.415. The van der Waals surface area contributed by atoms with Gasteiger partial charge in [-0.05, 0) is 67.1 Å². The highest BCUT2D eigenvalue weighted by Crippen LogP contribution is 2.29. The number of alkyl halides is 3. The highest BCUT2D eigenvalue weighted by Gasteiger charge is 2.30. The molecule has 0 saturated heterocycles. The van der Waals surface area contributed by atoms with Crippen LogP contribution in [0.5, 0.6) is 5.75 Å². The van der Waals surface area contributed by atoms with Crippen LogP contribution in [0.25, 0.3) is 0 Å². The molecule has 1 N–H and O–H groups in total. The van der Waals surface area contributed by atoms with E-state index in [-0.39, 0.29) is 0 Å². The number of rotatable bonds is 10. The van der Waals surface area contributed by atoms with Crippen LogP contribution in [0.1, 0.15) is 41.7 Å². The Bertz CT molecular complexity index is 1130. The number of benzene rings is 2. The lowest BCUT2D eigenvalue weighted by Crippen LogP contribution is -2.27. The maximum absolute atomic E-state index is 12.9. The van der Waals surface area contributed by atoms with Crippen LogP contribution in [-0.4, -0.2) is 33.7 Å². The molecule has 0 fully saturated rings. The third-order valence-corrected chi connectivity index (χ3v) is 5.60. The first kappa shape index (κ1) is 26.0. The van der Waals surface area contributed by atoms with E-state index in [1.807, 2.05) is 30.9 Å². The number of ether oxygens (including phenoxy) is 1. The number of nitrogens with zero attached hydrogens (tertiary/aromatic N) is 3. The molecule has 2 aromatic carbocycles. The van der Waals surface area contributed by atoms with E-state index < -0.39 is 23.8 Å². The van der Waals surface area contributed by atoms with E-state index in [2.05, 4.69) is 9.97 Å². The minimum atomic E-state index is -4.38. The molecule has 0 aliphatic carbocycles. The summed E-state index contributed by atoms with van der Waals surface area (Å²) in [4.78, 5) is 21.9. The van der Waals surface area contributed by atoms with Crippen LogP contribution in [0.2, 0.25) is 0 Å². The van der Waals surface area contributed by atoms with E-state index in [9.17, 15) is 18.0 Å². The van der Waals surface area contributed by atoms with Crippen LogP contribution >= 0.6 is 0 Å². The van der Waals surface area contributed by atoms with E-state index in [4.69, 9.17) is 9.84 Å². The average molecular weight is 488 g/mol. The average Bonchev–Trinajstić information content (AvgIpc) is 2.83. The van der Waals surface area contributed by atoms with E-state index >= 15 is 0 Å². The zero-order valence-corrected chi connectivity index (χ0v) is 19.8. The summed E-state index contributed by atoms with van der Waals surface area (Å²) in [5, 5.41) is 9.05. The molecule has 0 aliphatic heterocycles. The summed E-state index contributed by atoms with van der Waals surface area (Å²) in [6, 6.07) is 10.6. The quantitative estimate of drug-likeness (QED) is 0.409. The van der Waals surface area contributed by atoms with Crippen molar-refractivity contribution in [2.24, 2.45) is 0 Å². The highest BCUT2D eigenvalue weighted by atomic mass is 19.4. The Hall–Kier alpha value is -3.62. The Morgan fingerprint density at radius 1 is 1.06 bits per heavy atom. The molecule has 3 aromatic rings. The molecule has 9 heteroatoms. The van der Waals surface area contributed by atoms with Crippen molar-refractivity contribution in [1.29, 1.82) is 0 Å². The summed E-state index contributed by atoms with van der Waals surface area (Å²) < 4.78 is 44.3. The van der Waals surface area contributed by atoms with Crippen LogP contribution in [0, 0.1) is 6.92 Å². The first-order valence-electron chi connectivity index (χ1n) is 11.3. The summed E-state index contributed by atoms with van der Waals surface area (Å²) in [7, 11) is 0. The van der Waals surface area contributed by atoms with Crippen molar-refractivity contribution in [3.63, 3.8) is 0 Å². The fourth-order valence-electron chi connectivity index (χ4n) is 3.47. The molecule has 6 nitrogen and oxygen atoms in total. The van der Waals surface area contributed by atoms with Gasteiger partial charge < -0.3 is 14.7 Å². The fraction of sp³-hybridized carbons (Fsp3) is 0.346. The number of anilines is 1. The van der Waals surface area contributed by atoms with Gasteiger partial charge in [-0.3, -0.25) is 0 Å². The Labute approximate surface area is 202 Å². The number of carboxylic acid groups (broad SMARTS) is 1. The van der Waals surface area contributed by atoms with Crippen molar-refractivity contribution in [3.8, 4) is 5.75 Å². The van der Waals surface area contributed by atoms with Gasteiger partial charge in [0.2, 0.25) is 5.95 Å². The van der Waals surface area contributed by atoms with Gasteiger partial charge in [-0.25, -0.2) is 14.8 Å². The van der Waals surface area contributed by atoms with Gasteiger partial charge in [0.25, 0.3) is 0 Å². The minimum Gasteiger partial charge on any atom is -0.479 e. The third kappa shape index (κ3) is 7.18. The van der Waals surface area contributed by atoms with Gasteiger partial charge in [-0.2, -0.15) is 13.2 Å². The number of carboxylic acids is 1. The van der Waals surface area contributed by atoms with Crippen molar-refractivity contribution >= 4 is 11.9 Å². The SMILES string of the molecule is CCc1cnc(N(CCc2ccc(OC(C)C(=O)O)c(C)c2)Cc2ccc(C(F)(F)F)cc2)nc1. The third-order valence-electron chi connectivity index (χ3n) is 5.60. The second-order valence-electron chi connectivity index (χ2n) is 8.31. The Kier molecular flexibility index (Phi) is 8.32. The van der Waals surface area contributed by atoms with Crippen molar-refractivity contribution in [3.05, 3.63) is 82.7 Å². The topological polar surface area (TPSA) is 75.6 Å².